The fourth-order valence-electron chi connectivity index (χ4n) is 2.50. The number of aromatic amines is 1. The van der Waals surface area contributed by atoms with Crippen LogP contribution in [-0.4, -0.2) is 22.7 Å². The van der Waals surface area contributed by atoms with E-state index in [1.54, 1.807) is 6.07 Å². The first-order valence-electron chi connectivity index (χ1n) is 7.22. The summed E-state index contributed by atoms with van der Waals surface area (Å²) in [6, 6.07) is 13.4. The molecule has 3 rings (SSSR count). The second-order valence-corrected chi connectivity index (χ2v) is 5.04. The largest absolute Gasteiger partial charge is 0.493 e. The van der Waals surface area contributed by atoms with Gasteiger partial charge in [0.25, 0.3) is 0 Å². The molecule has 0 saturated carbocycles. The van der Waals surface area contributed by atoms with Crippen molar-refractivity contribution < 1.29 is 14.6 Å². The van der Waals surface area contributed by atoms with Crippen molar-refractivity contribution in [1.29, 1.82) is 0 Å². The third-order valence-electron chi connectivity index (χ3n) is 3.55. The maximum atomic E-state index is 12.4. The van der Waals surface area contributed by atoms with Crippen LogP contribution in [0.25, 0.3) is 22.2 Å². The third kappa shape index (κ3) is 2.81. The van der Waals surface area contributed by atoms with E-state index < -0.39 is 5.97 Å². The summed E-state index contributed by atoms with van der Waals surface area (Å²) in [6.07, 6.45) is 0. The highest BCUT2D eigenvalue weighted by Crippen LogP contribution is 2.28. The number of pyridine rings is 1. The van der Waals surface area contributed by atoms with Crippen molar-refractivity contribution in [1.82, 2.24) is 4.98 Å². The average molecular weight is 309 g/mol. The topological polar surface area (TPSA) is 79.4 Å². The Balaban J connectivity index is 2.19. The number of rotatable bonds is 4. The Morgan fingerprint density at radius 2 is 1.96 bits per heavy atom. The van der Waals surface area contributed by atoms with E-state index in [1.807, 2.05) is 31.2 Å². The molecule has 116 valence electrons. The summed E-state index contributed by atoms with van der Waals surface area (Å²) < 4.78 is 5.59. The Bertz CT molecular complexity index is 943. The fraction of sp³-hybridized carbons (Fsp3) is 0.111. The van der Waals surface area contributed by atoms with E-state index in [1.165, 1.54) is 18.2 Å². The predicted octanol–water partition coefficient (Wildman–Crippen LogP) is 3.29. The van der Waals surface area contributed by atoms with Crippen LogP contribution in [0.4, 0.5) is 0 Å². The number of carboxylic acids is 1. The van der Waals surface area contributed by atoms with E-state index >= 15 is 0 Å². The minimum Gasteiger partial charge on any atom is -0.493 e. The number of hydrogen-bond acceptors (Lipinski definition) is 3. The van der Waals surface area contributed by atoms with E-state index in [2.05, 4.69) is 4.98 Å². The van der Waals surface area contributed by atoms with Crippen LogP contribution in [0.1, 0.15) is 17.3 Å². The van der Waals surface area contributed by atoms with Crippen molar-refractivity contribution in [3.63, 3.8) is 0 Å². The maximum Gasteiger partial charge on any atom is 0.335 e. The zero-order valence-corrected chi connectivity index (χ0v) is 12.5. The number of aromatic carboxylic acids is 1. The van der Waals surface area contributed by atoms with Gasteiger partial charge in [0.05, 0.1) is 17.9 Å². The van der Waals surface area contributed by atoms with Crippen LogP contribution < -0.4 is 10.2 Å². The molecule has 0 bridgehead atoms. The van der Waals surface area contributed by atoms with Crippen LogP contribution in [-0.2, 0) is 0 Å². The molecule has 2 N–H and O–H groups in total. The van der Waals surface area contributed by atoms with Gasteiger partial charge in [-0.15, -0.1) is 0 Å². The summed E-state index contributed by atoms with van der Waals surface area (Å²) in [6.45, 7) is 2.42. The van der Waals surface area contributed by atoms with Crippen LogP contribution in [0, 0.1) is 0 Å². The fourth-order valence-corrected chi connectivity index (χ4v) is 2.50. The second-order valence-electron chi connectivity index (χ2n) is 5.04. The molecule has 0 radical (unpaired) electrons. The van der Waals surface area contributed by atoms with Gasteiger partial charge in [0, 0.05) is 22.5 Å². The molecule has 3 aromatic rings. The molecule has 0 unspecified atom stereocenters. The van der Waals surface area contributed by atoms with Gasteiger partial charge < -0.3 is 14.8 Å². The van der Waals surface area contributed by atoms with Gasteiger partial charge in [0.2, 0.25) is 0 Å². The highest BCUT2D eigenvalue weighted by atomic mass is 16.5. The Morgan fingerprint density at radius 3 is 2.70 bits per heavy atom. The number of nitrogens with one attached hydrogen (secondary N) is 1. The van der Waals surface area contributed by atoms with Gasteiger partial charge in [-0.1, -0.05) is 12.1 Å². The Morgan fingerprint density at radius 1 is 1.17 bits per heavy atom. The number of ether oxygens (including phenoxy) is 1. The lowest BCUT2D eigenvalue weighted by atomic mass is 10.1. The quantitative estimate of drug-likeness (QED) is 0.775. The number of aromatic nitrogens is 1. The standard InChI is InChI=1S/C18H15NO4/c1-2-23-17-6-4-3-5-12(17)15-10-16(20)13-9-11(18(21)22)7-8-14(13)19-15/h3-10H,2H2,1H3,(H,19,20)(H,21,22). The number of carbonyl (C=O) groups is 1. The lowest BCUT2D eigenvalue weighted by Crippen LogP contribution is -2.06. The summed E-state index contributed by atoms with van der Waals surface area (Å²) in [5, 5.41) is 9.38. The number of carboxylic acid groups (broad SMARTS) is 1. The van der Waals surface area contributed by atoms with Crippen molar-refractivity contribution in [2.24, 2.45) is 0 Å². The molecule has 0 fully saturated rings. The lowest BCUT2D eigenvalue weighted by Gasteiger charge is -2.11. The molecule has 0 spiro atoms. The Labute approximate surface area is 132 Å². The van der Waals surface area contributed by atoms with Crippen molar-refractivity contribution in [3.05, 3.63) is 64.3 Å². The van der Waals surface area contributed by atoms with Crippen LogP contribution >= 0.6 is 0 Å². The van der Waals surface area contributed by atoms with E-state index in [4.69, 9.17) is 9.84 Å². The van der Waals surface area contributed by atoms with Crippen molar-refractivity contribution >= 4 is 16.9 Å². The van der Waals surface area contributed by atoms with Crippen LogP contribution in [0.5, 0.6) is 5.75 Å². The predicted molar refractivity (Wildman–Crippen MR) is 88.1 cm³/mol. The number of para-hydroxylation sites is 1. The number of benzene rings is 2. The molecule has 0 aliphatic rings. The molecular formula is C18H15NO4. The summed E-state index contributed by atoms with van der Waals surface area (Å²) in [4.78, 5) is 26.6. The highest BCUT2D eigenvalue weighted by Gasteiger charge is 2.11. The number of hydrogen-bond donors (Lipinski definition) is 2. The molecule has 1 heterocycles. The molecule has 0 amide bonds. The van der Waals surface area contributed by atoms with Gasteiger partial charge in [0.15, 0.2) is 5.43 Å². The molecule has 5 heteroatoms. The molecule has 23 heavy (non-hydrogen) atoms. The average Bonchev–Trinajstić information content (AvgIpc) is 2.55. The molecule has 1 aromatic heterocycles. The minimum atomic E-state index is -1.06. The normalized spacial score (nSPS) is 10.7. The van der Waals surface area contributed by atoms with E-state index in [0.717, 1.165) is 5.56 Å². The highest BCUT2D eigenvalue weighted by molar-refractivity contribution is 5.93. The van der Waals surface area contributed by atoms with Crippen LogP contribution in [0.2, 0.25) is 0 Å². The molecule has 0 aliphatic heterocycles. The second kappa shape index (κ2) is 5.96. The summed E-state index contributed by atoms with van der Waals surface area (Å²) in [7, 11) is 0. The first-order valence-corrected chi connectivity index (χ1v) is 7.22. The van der Waals surface area contributed by atoms with E-state index in [0.29, 0.717) is 29.0 Å². The molecule has 5 nitrogen and oxygen atoms in total. The first-order chi connectivity index (χ1) is 11.1. The summed E-state index contributed by atoms with van der Waals surface area (Å²) in [5.41, 5.74) is 1.86. The van der Waals surface area contributed by atoms with Crippen molar-refractivity contribution in [2.75, 3.05) is 6.61 Å². The molecule has 0 aliphatic carbocycles. The Kier molecular flexibility index (Phi) is 3.85. The van der Waals surface area contributed by atoms with E-state index in [-0.39, 0.29) is 11.0 Å². The summed E-state index contributed by atoms with van der Waals surface area (Å²) >= 11 is 0. The zero-order valence-electron chi connectivity index (χ0n) is 12.5. The maximum absolute atomic E-state index is 12.4. The van der Waals surface area contributed by atoms with Gasteiger partial charge in [0.1, 0.15) is 5.75 Å². The molecule has 0 atom stereocenters. The first kappa shape index (κ1) is 14.8. The van der Waals surface area contributed by atoms with Gasteiger partial charge in [-0.05, 0) is 37.3 Å². The Hall–Kier alpha value is -3.08. The lowest BCUT2D eigenvalue weighted by molar-refractivity contribution is 0.0697. The number of H-pyrrole nitrogens is 1. The third-order valence-corrected chi connectivity index (χ3v) is 3.55. The van der Waals surface area contributed by atoms with Gasteiger partial charge in [-0.25, -0.2) is 4.79 Å². The summed E-state index contributed by atoms with van der Waals surface area (Å²) in [5.74, 6) is -0.371. The monoisotopic (exact) mass is 309 g/mol. The SMILES string of the molecule is CCOc1ccccc1-c1cc(=O)c2cc(C(=O)O)ccc2[nH]1. The van der Waals surface area contributed by atoms with Gasteiger partial charge in [-0.2, -0.15) is 0 Å². The van der Waals surface area contributed by atoms with E-state index in [9.17, 15) is 9.59 Å². The zero-order chi connectivity index (χ0) is 16.4. The van der Waals surface area contributed by atoms with Crippen LogP contribution in [0.3, 0.4) is 0 Å². The van der Waals surface area contributed by atoms with Crippen molar-refractivity contribution in [3.8, 4) is 17.0 Å². The van der Waals surface area contributed by atoms with Gasteiger partial charge in [-0.3, -0.25) is 4.79 Å². The molecule has 2 aromatic carbocycles. The molecular weight excluding hydrogens is 294 g/mol. The minimum absolute atomic E-state index is 0.0884. The van der Waals surface area contributed by atoms with Crippen molar-refractivity contribution in [2.45, 2.75) is 6.92 Å². The van der Waals surface area contributed by atoms with Gasteiger partial charge >= 0.3 is 5.97 Å². The smallest absolute Gasteiger partial charge is 0.335 e. The van der Waals surface area contributed by atoms with Crippen LogP contribution in [0.15, 0.2) is 53.3 Å². The molecule has 0 saturated heterocycles. The number of fused-ring (bicyclic) bond motifs is 1.